The molecule has 1 aromatic rings. The first-order valence-corrected chi connectivity index (χ1v) is 12.9. The SMILES string of the molecule is CCCCCCCCCC1(CCCCCCCCC)C=CNC(c2ccccn2)=C1. The van der Waals surface area contributed by atoms with Crippen LogP contribution in [0.5, 0.6) is 0 Å². The molecule has 168 valence electrons. The molecule has 0 amide bonds. The maximum absolute atomic E-state index is 4.58. The Labute approximate surface area is 186 Å². The summed E-state index contributed by atoms with van der Waals surface area (Å²) in [7, 11) is 0. The van der Waals surface area contributed by atoms with Gasteiger partial charge < -0.3 is 5.32 Å². The Kier molecular flexibility index (Phi) is 12.6. The van der Waals surface area contributed by atoms with Crippen LogP contribution < -0.4 is 5.32 Å². The number of unbranched alkanes of at least 4 members (excludes halogenated alkanes) is 12. The van der Waals surface area contributed by atoms with Crippen LogP contribution in [0.3, 0.4) is 0 Å². The summed E-state index contributed by atoms with van der Waals surface area (Å²) in [6.45, 7) is 4.59. The van der Waals surface area contributed by atoms with Gasteiger partial charge in [0.1, 0.15) is 0 Å². The van der Waals surface area contributed by atoms with Crippen molar-refractivity contribution < 1.29 is 0 Å². The first-order valence-electron chi connectivity index (χ1n) is 12.9. The lowest BCUT2D eigenvalue weighted by molar-refractivity contribution is 0.367. The number of nitrogens with one attached hydrogen (secondary N) is 1. The molecule has 0 bridgehead atoms. The highest BCUT2D eigenvalue weighted by Crippen LogP contribution is 2.39. The van der Waals surface area contributed by atoms with Gasteiger partial charge in [-0.2, -0.15) is 0 Å². The molecule has 1 aliphatic heterocycles. The van der Waals surface area contributed by atoms with Crippen LogP contribution in [0.2, 0.25) is 0 Å². The van der Waals surface area contributed by atoms with Crippen molar-refractivity contribution in [3.8, 4) is 0 Å². The zero-order chi connectivity index (χ0) is 21.3. The highest BCUT2D eigenvalue weighted by Gasteiger charge is 2.27. The zero-order valence-electron chi connectivity index (χ0n) is 19.8. The van der Waals surface area contributed by atoms with E-state index in [-0.39, 0.29) is 5.41 Å². The highest BCUT2D eigenvalue weighted by molar-refractivity contribution is 5.64. The van der Waals surface area contributed by atoms with Gasteiger partial charge in [0.2, 0.25) is 0 Å². The number of hydrogen-bond acceptors (Lipinski definition) is 2. The van der Waals surface area contributed by atoms with E-state index in [4.69, 9.17) is 0 Å². The molecule has 2 nitrogen and oxygen atoms in total. The van der Waals surface area contributed by atoms with Crippen LogP contribution in [-0.2, 0) is 0 Å². The van der Waals surface area contributed by atoms with Crippen LogP contribution in [0.25, 0.3) is 5.70 Å². The highest BCUT2D eigenvalue weighted by atomic mass is 14.9. The number of nitrogens with zero attached hydrogens (tertiary/aromatic N) is 1. The van der Waals surface area contributed by atoms with Gasteiger partial charge in [-0.3, -0.25) is 4.98 Å². The third-order valence-corrected chi connectivity index (χ3v) is 6.52. The van der Waals surface area contributed by atoms with Gasteiger partial charge in [0.05, 0.1) is 11.4 Å². The van der Waals surface area contributed by atoms with Crippen molar-refractivity contribution in [3.63, 3.8) is 0 Å². The zero-order valence-corrected chi connectivity index (χ0v) is 19.8. The van der Waals surface area contributed by atoms with E-state index in [2.05, 4.69) is 54.6 Å². The molecule has 0 saturated heterocycles. The van der Waals surface area contributed by atoms with Crippen molar-refractivity contribution in [2.75, 3.05) is 0 Å². The van der Waals surface area contributed by atoms with Gasteiger partial charge in [-0.1, -0.05) is 116 Å². The molecule has 1 aliphatic rings. The number of hydrogen-bond donors (Lipinski definition) is 1. The second-order valence-corrected chi connectivity index (χ2v) is 9.23. The Morgan fingerprint density at radius 3 is 1.83 bits per heavy atom. The number of aromatic nitrogens is 1. The second kappa shape index (κ2) is 15.3. The lowest BCUT2D eigenvalue weighted by atomic mass is 9.76. The monoisotopic (exact) mass is 410 g/mol. The van der Waals surface area contributed by atoms with E-state index in [1.165, 1.54) is 108 Å². The predicted molar refractivity (Wildman–Crippen MR) is 132 cm³/mol. The number of pyridine rings is 1. The lowest BCUT2D eigenvalue weighted by Crippen LogP contribution is -2.23. The Hall–Kier alpha value is -1.57. The largest absolute Gasteiger partial charge is 0.360 e. The van der Waals surface area contributed by atoms with Gasteiger partial charge in [0, 0.05) is 11.6 Å². The molecule has 2 heteroatoms. The van der Waals surface area contributed by atoms with E-state index in [9.17, 15) is 0 Å². The average Bonchev–Trinajstić information content (AvgIpc) is 2.79. The molecule has 0 aliphatic carbocycles. The van der Waals surface area contributed by atoms with Crippen molar-refractivity contribution in [3.05, 3.63) is 48.4 Å². The molecule has 0 spiro atoms. The number of dihydropyridines is 1. The molecule has 0 saturated carbocycles. The Morgan fingerprint density at radius 1 is 0.733 bits per heavy atom. The average molecular weight is 411 g/mol. The normalized spacial score (nSPS) is 15.1. The lowest BCUT2D eigenvalue weighted by Gasteiger charge is -2.32. The van der Waals surface area contributed by atoms with Crippen LogP contribution in [0.15, 0.2) is 42.7 Å². The minimum atomic E-state index is 0.199. The Bertz CT molecular complexity index is 584. The van der Waals surface area contributed by atoms with E-state index < -0.39 is 0 Å². The molecule has 0 atom stereocenters. The van der Waals surface area contributed by atoms with Crippen LogP contribution >= 0.6 is 0 Å². The summed E-state index contributed by atoms with van der Waals surface area (Å²) >= 11 is 0. The third kappa shape index (κ3) is 9.49. The summed E-state index contributed by atoms with van der Waals surface area (Å²) in [5.74, 6) is 0. The van der Waals surface area contributed by atoms with Gasteiger partial charge >= 0.3 is 0 Å². The van der Waals surface area contributed by atoms with Gasteiger partial charge in [-0.05, 0) is 37.3 Å². The quantitative estimate of drug-likeness (QED) is 0.259. The minimum absolute atomic E-state index is 0.199. The topological polar surface area (TPSA) is 24.9 Å². The Morgan fingerprint density at radius 2 is 1.30 bits per heavy atom. The predicted octanol–water partition coefficient (Wildman–Crippen LogP) is 8.81. The second-order valence-electron chi connectivity index (χ2n) is 9.23. The van der Waals surface area contributed by atoms with Gasteiger partial charge in [-0.15, -0.1) is 0 Å². The van der Waals surface area contributed by atoms with E-state index in [0.29, 0.717) is 0 Å². The number of rotatable bonds is 17. The van der Waals surface area contributed by atoms with Crippen molar-refractivity contribution in [1.82, 2.24) is 10.3 Å². The molecule has 0 unspecified atom stereocenters. The van der Waals surface area contributed by atoms with Crippen molar-refractivity contribution >= 4 is 5.70 Å². The first-order chi connectivity index (χ1) is 14.8. The summed E-state index contributed by atoms with van der Waals surface area (Å²) in [4.78, 5) is 4.58. The van der Waals surface area contributed by atoms with Crippen molar-refractivity contribution in [1.29, 1.82) is 0 Å². The molecule has 2 heterocycles. The molecule has 1 aromatic heterocycles. The van der Waals surface area contributed by atoms with Gasteiger partial charge in [-0.25, -0.2) is 0 Å². The first kappa shape index (κ1) is 24.7. The Balaban J connectivity index is 1.89. The van der Waals surface area contributed by atoms with Gasteiger partial charge in [0.15, 0.2) is 0 Å². The molecular weight excluding hydrogens is 364 g/mol. The van der Waals surface area contributed by atoms with E-state index in [0.717, 1.165) is 5.69 Å². The summed E-state index contributed by atoms with van der Waals surface area (Å²) in [6.07, 6.45) is 30.8. The molecule has 2 rings (SSSR count). The molecular formula is C28H46N2. The van der Waals surface area contributed by atoms with Crippen LogP contribution in [0, 0.1) is 5.41 Å². The van der Waals surface area contributed by atoms with Crippen LogP contribution in [0.1, 0.15) is 122 Å². The van der Waals surface area contributed by atoms with Gasteiger partial charge in [0.25, 0.3) is 0 Å². The van der Waals surface area contributed by atoms with Crippen LogP contribution in [0.4, 0.5) is 0 Å². The third-order valence-electron chi connectivity index (χ3n) is 6.52. The summed E-state index contributed by atoms with van der Waals surface area (Å²) in [5.41, 5.74) is 2.44. The maximum Gasteiger partial charge on any atom is 0.0861 e. The van der Waals surface area contributed by atoms with E-state index in [1.807, 2.05) is 12.3 Å². The fourth-order valence-electron chi connectivity index (χ4n) is 4.60. The molecule has 0 radical (unpaired) electrons. The molecule has 0 aromatic carbocycles. The van der Waals surface area contributed by atoms with Crippen LogP contribution in [-0.4, -0.2) is 4.98 Å². The van der Waals surface area contributed by atoms with E-state index in [1.54, 1.807) is 0 Å². The fourth-order valence-corrected chi connectivity index (χ4v) is 4.60. The molecule has 0 fully saturated rings. The molecule has 30 heavy (non-hydrogen) atoms. The van der Waals surface area contributed by atoms with E-state index >= 15 is 0 Å². The summed E-state index contributed by atoms with van der Waals surface area (Å²) in [5, 5.41) is 3.46. The maximum atomic E-state index is 4.58. The van der Waals surface area contributed by atoms with Crippen molar-refractivity contribution in [2.24, 2.45) is 5.41 Å². The minimum Gasteiger partial charge on any atom is -0.360 e. The summed E-state index contributed by atoms with van der Waals surface area (Å²) in [6, 6.07) is 6.19. The standard InChI is InChI=1S/C28H46N2/c1-3-5-7-9-11-13-16-20-28(21-17-14-12-10-8-6-4-2)22-24-30-27(25-28)26-19-15-18-23-29-26/h15,18-19,22-25,30H,3-14,16-17,20-21H2,1-2H3. The smallest absolute Gasteiger partial charge is 0.0861 e. The number of allylic oxidation sites excluding steroid dienone is 2. The summed E-state index contributed by atoms with van der Waals surface area (Å²) < 4.78 is 0. The fraction of sp³-hybridized carbons (Fsp3) is 0.679. The van der Waals surface area contributed by atoms with Crippen molar-refractivity contribution in [2.45, 2.75) is 117 Å². The molecule has 1 N–H and O–H groups in total.